The third-order valence-electron chi connectivity index (χ3n) is 6.74. The van der Waals surface area contributed by atoms with Crippen LogP contribution in [0.2, 0.25) is 0 Å². The van der Waals surface area contributed by atoms with Crippen molar-refractivity contribution in [3.8, 4) is 22.4 Å². The zero-order valence-corrected chi connectivity index (χ0v) is 17.7. The summed E-state index contributed by atoms with van der Waals surface area (Å²) in [4.78, 5) is 4.63. The minimum atomic E-state index is -0.104. The lowest BCUT2D eigenvalue weighted by Crippen LogP contribution is -2.15. The summed E-state index contributed by atoms with van der Waals surface area (Å²) in [5.74, 6) is 0. The van der Waals surface area contributed by atoms with Crippen molar-refractivity contribution in [1.82, 2.24) is 4.98 Å². The Bertz CT molecular complexity index is 1470. The summed E-state index contributed by atoms with van der Waals surface area (Å²) >= 11 is 0. The minimum absolute atomic E-state index is 0.104. The SMILES string of the molecule is Cc1cc(C)c2c(oc3c4c(ccc32)-c2ccccc2C4(C)C)c1-c1ccccn1. The zero-order valence-electron chi connectivity index (χ0n) is 17.7. The molecule has 0 fully saturated rings. The molecule has 6 rings (SSSR count). The number of furan rings is 1. The van der Waals surface area contributed by atoms with Crippen molar-refractivity contribution in [3.63, 3.8) is 0 Å². The third-order valence-corrected chi connectivity index (χ3v) is 6.74. The van der Waals surface area contributed by atoms with E-state index in [1.807, 2.05) is 18.3 Å². The van der Waals surface area contributed by atoms with Crippen molar-refractivity contribution in [2.75, 3.05) is 0 Å². The second-order valence-corrected chi connectivity index (χ2v) is 8.94. The van der Waals surface area contributed by atoms with Gasteiger partial charge in [0, 0.05) is 33.5 Å². The highest BCUT2D eigenvalue weighted by Crippen LogP contribution is 2.53. The number of rotatable bonds is 1. The molecular formula is C28H23NO. The van der Waals surface area contributed by atoms with Gasteiger partial charge in [0.2, 0.25) is 0 Å². The van der Waals surface area contributed by atoms with Crippen molar-refractivity contribution in [2.45, 2.75) is 33.1 Å². The van der Waals surface area contributed by atoms with Crippen molar-refractivity contribution in [3.05, 3.63) is 89.1 Å². The maximum atomic E-state index is 6.77. The average Bonchev–Trinajstić information content (AvgIpc) is 3.23. The van der Waals surface area contributed by atoms with Crippen LogP contribution in [-0.2, 0) is 5.41 Å². The fraction of sp³-hybridized carbons (Fsp3) is 0.179. The zero-order chi connectivity index (χ0) is 20.6. The maximum Gasteiger partial charge on any atom is 0.145 e. The number of nitrogens with zero attached hydrogens (tertiary/aromatic N) is 1. The fourth-order valence-electron chi connectivity index (χ4n) is 5.45. The molecule has 0 bridgehead atoms. The summed E-state index contributed by atoms with van der Waals surface area (Å²) in [7, 11) is 0. The highest BCUT2D eigenvalue weighted by Gasteiger charge is 2.38. The highest BCUT2D eigenvalue weighted by atomic mass is 16.3. The Balaban J connectivity index is 1.78. The van der Waals surface area contributed by atoms with Gasteiger partial charge in [-0.25, -0.2) is 0 Å². The lowest BCUT2D eigenvalue weighted by Gasteiger charge is -2.21. The Labute approximate surface area is 176 Å². The standard InChI is InChI=1S/C28H23NO/c1-16-15-17(2)24(22-11-7-8-14-29-22)27-23(16)20-13-12-19-18-9-5-6-10-21(18)28(3,4)25(19)26(20)30-27/h5-15H,1-4H3. The third kappa shape index (κ3) is 2.11. The molecule has 0 N–H and O–H groups in total. The normalized spacial score (nSPS) is 14.3. The fourth-order valence-corrected chi connectivity index (χ4v) is 5.45. The predicted octanol–water partition coefficient (Wildman–Crippen LogP) is 7.57. The second-order valence-electron chi connectivity index (χ2n) is 8.94. The topological polar surface area (TPSA) is 26.0 Å². The van der Waals surface area contributed by atoms with Gasteiger partial charge in [-0.2, -0.15) is 0 Å². The van der Waals surface area contributed by atoms with Gasteiger partial charge in [0.1, 0.15) is 11.2 Å². The van der Waals surface area contributed by atoms with Crippen molar-refractivity contribution < 1.29 is 4.42 Å². The van der Waals surface area contributed by atoms with E-state index in [1.54, 1.807) is 0 Å². The number of aromatic nitrogens is 1. The molecule has 30 heavy (non-hydrogen) atoms. The molecule has 0 spiro atoms. The summed E-state index contributed by atoms with van der Waals surface area (Å²) in [5, 5.41) is 2.39. The Hall–Kier alpha value is -3.39. The largest absolute Gasteiger partial charge is 0.455 e. The van der Waals surface area contributed by atoms with Gasteiger partial charge in [0.05, 0.1) is 5.69 Å². The molecule has 0 atom stereocenters. The Morgan fingerprint density at radius 2 is 1.60 bits per heavy atom. The van der Waals surface area contributed by atoms with Crippen LogP contribution < -0.4 is 0 Å². The van der Waals surface area contributed by atoms with Crippen LogP contribution in [0.3, 0.4) is 0 Å². The molecule has 1 aliphatic rings. The summed E-state index contributed by atoms with van der Waals surface area (Å²) in [5.41, 5.74) is 11.6. The molecule has 1 aliphatic carbocycles. The second kappa shape index (κ2) is 5.82. The van der Waals surface area contributed by atoms with E-state index in [2.05, 4.69) is 81.2 Å². The van der Waals surface area contributed by atoms with E-state index in [0.717, 1.165) is 22.4 Å². The number of hydrogen-bond acceptors (Lipinski definition) is 2. The molecule has 0 saturated carbocycles. The van der Waals surface area contributed by atoms with Crippen LogP contribution in [0.15, 0.2) is 71.3 Å². The van der Waals surface area contributed by atoms with Crippen LogP contribution >= 0.6 is 0 Å². The van der Waals surface area contributed by atoms with Gasteiger partial charge in [-0.3, -0.25) is 4.98 Å². The number of hydrogen-bond donors (Lipinski definition) is 0. The van der Waals surface area contributed by atoms with Gasteiger partial charge >= 0.3 is 0 Å². The van der Waals surface area contributed by atoms with Gasteiger partial charge in [-0.1, -0.05) is 56.3 Å². The molecule has 2 aromatic heterocycles. The molecule has 0 unspecified atom stereocenters. The molecule has 0 amide bonds. The quantitative estimate of drug-likeness (QED) is 0.295. The van der Waals surface area contributed by atoms with Gasteiger partial charge in [-0.15, -0.1) is 0 Å². The van der Waals surface area contributed by atoms with E-state index in [1.165, 1.54) is 44.2 Å². The van der Waals surface area contributed by atoms with Gasteiger partial charge in [0.25, 0.3) is 0 Å². The summed E-state index contributed by atoms with van der Waals surface area (Å²) in [6.45, 7) is 8.94. The van der Waals surface area contributed by atoms with Crippen LogP contribution in [0.25, 0.3) is 44.3 Å². The van der Waals surface area contributed by atoms with Crippen LogP contribution in [0.1, 0.15) is 36.1 Å². The Morgan fingerprint density at radius 3 is 2.40 bits per heavy atom. The molecular weight excluding hydrogens is 366 g/mol. The first kappa shape index (κ1) is 17.5. The first-order valence-electron chi connectivity index (χ1n) is 10.5. The number of aryl methyl sites for hydroxylation is 2. The first-order chi connectivity index (χ1) is 14.5. The Morgan fingerprint density at radius 1 is 0.800 bits per heavy atom. The summed E-state index contributed by atoms with van der Waals surface area (Å²) < 4.78 is 6.77. The molecule has 5 aromatic rings. The summed E-state index contributed by atoms with van der Waals surface area (Å²) in [6, 6.07) is 21.6. The van der Waals surface area contributed by atoms with Crippen LogP contribution in [0.5, 0.6) is 0 Å². The smallest absolute Gasteiger partial charge is 0.145 e. The van der Waals surface area contributed by atoms with Crippen molar-refractivity contribution >= 4 is 21.9 Å². The summed E-state index contributed by atoms with van der Waals surface area (Å²) in [6.07, 6.45) is 1.85. The number of fused-ring (bicyclic) bond motifs is 7. The van der Waals surface area contributed by atoms with E-state index in [4.69, 9.17) is 4.42 Å². The van der Waals surface area contributed by atoms with Gasteiger partial charge < -0.3 is 4.42 Å². The lowest BCUT2D eigenvalue weighted by molar-refractivity contribution is 0.620. The average molecular weight is 389 g/mol. The molecule has 0 saturated heterocycles. The molecule has 2 heterocycles. The van der Waals surface area contributed by atoms with E-state index in [9.17, 15) is 0 Å². The minimum Gasteiger partial charge on any atom is -0.455 e. The lowest BCUT2D eigenvalue weighted by atomic mass is 9.81. The number of pyridine rings is 1. The van der Waals surface area contributed by atoms with Crippen molar-refractivity contribution in [1.29, 1.82) is 0 Å². The molecule has 3 aromatic carbocycles. The van der Waals surface area contributed by atoms with E-state index in [0.29, 0.717) is 0 Å². The highest BCUT2D eigenvalue weighted by molar-refractivity contribution is 6.14. The monoisotopic (exact) mass is 389 g/mol. The maximum absolute atomic E-state index is 6.77. The molecule has 146 valence electrons. The first-order valence-corrected chi connectivity index (χ1v) is 10.5. The molecule has 2 nitrogen and oxygen atoms in total. The molecule has 2 heteroatoms. The van der Waals surface area contributed by atoms with E-state index >= 15 is 0 Å². The van der Waals surface area contributed by atoms with Crippen LogP contribution in [0, 0.1) is 13.8 Å². The molecule has 0 aliphatic heterocycles. The van der Waals surface area contributed by atoms with Crippen LogP contribution in [0.4, 0.5) is 0 Å². The predicted molar refractivity (Wildman–Crippen MR) is 124 cm³/mol. The van der Waals surface area contributed by atoms with E-state index < -0.39 is 0 Å². The van der Waals surface area contributed by atoms with Crippen molar-refractivity contribution in [2.24, 2.45) is 0 Å². The van der Waals surface area contributed by atoms with Crippen LogP contribution in [-0.4, -0.2) is 4.98 Å². The van der Waals surface area contributed by atoms with Gasteiger partial charge in [-0.05, 0) is 59.9 Å². The molecule has 0 radical (unpaired) electrons. The Kier molecular flexibility index (Phi) is 3.39. The van der Waals surface area contributed by atoms with Gasteiger partial charge in [0.15, 0.2) is 0 Å². The number of benzene rings is 3. The van der Waals surface area contributed by atoms with E-state index in [-0.39, 0.29) is 5.41 Å².